The summed E-state index contributed by atoms with van der Waals surface area (Å²) in [5.41, 5.74) is 2.93. The molecule has 0 unspecified atom stereocenters. The van der Waals surface area contributed by atoms with Crippen LogP contribution in [0.15, 0.2) is 36.4 Å². The van der Waals surface area contributed by atoms with Gasteiger partial charge in [0.1, 0.15) is 0 Å². The molecule has 0 aliphatic heterocycles. The molecule has 0 saturated heterocycles. The second-order valence-electron chi connectivity index (χ2n) is 4.86. The number of rotatable bonds is 5. The third kappa shape index (κ3) is 3.67. The largest absolute Gasteiger partial charge is 0.353 e. The number of pyridine rings is 1. The lowest BCUT2D eigenvalue weighted by Crippen LogP contribution is -2.21. The van der Waals surface area contributed by atoms with E-state index in [1.54, 1.807) is 12.2 Å². The quantitative estimate of drug-likeness (QED) is 0.666. The minimum atomic E-state index is -0.0647. The molecule has 0 aliphatic rings. The molecule has 0 atom stereocenters. The van der Waals surface area contributed by atoms with E-state index in [1.165, 1.54) is 0 Å². The van der Waals surface area contributed by atoms with Crippen LogP contribution in [-0.4, -0.2) is 17.4 Å². The van der Waals surface area contributed by atoms with E-state index in [9.17, 15) is 4.79 Å². The van der Waals surface area contributed by atoms with E-state index in [0.717, 1.165) is 41.5 Å². The summed E-state index contributed by atoms with van der Waals surface area (Å²) in [6.07, 6.45) is 5.39. The zero-order valence-corrected chi connectivity index (χ0v) is 12.0. The number of hydrogen-bond acceptors (Lipinski definition) is 2. The number of fused-ring (bicyclic) bond motifs is 1. The second-order valence-corrected chi connectivity index (χ2v) is 4.86. The molecule has 0 saturated carbocycles. The Morgan fingerprint density at radius 3 is 2.95 bits per heavy atom. The summed E-state index contributed by atoms with van der Waals surface area (Å²) < 4.78 is 0. The van der Waals surface area contributed by atoms with Crippen LogP contribution in [0.1, 0.15) is 31.0 Å². The van der Waals surface area contributed by atoms with E-state index in [0.29, 0.717) is 0 Å². The van der Waals surface area contributed by atoms with Gasteiger partial charge in [0.2, 0.25) is 5.91 Å². The molecule has 104 valence electrons. The molecule has 0 radical (unpaired) electrons. The molecule has 1 N–H and O–H groups in total. The summed E-state index contributed by atoms with van der Waals surface area (Å²) >= 11 is 0. The van der Waals surface area contributed by atoms with Gasteiger partial charge in [0.15, 0.2) is 0 Å². The molecule has 0 spiro atoms. The molecule has 1 aromatic carbocycles. The highest BCUT2D eigenvalue weighted by molar-refractivity contribution is 5.92. The van der Waals surface area contributed by atoms with Gasteiger partial charge < -0.3 is 5.32 Å². The number of para-hydroxylation sites is 1. The van der Waals surface area contributed by atoms with Crippen molar-refractivity contribution in [2.75, 3.05) is 6.54 Å². The number of unbranched alkanes of at least 4 members (excludes halogenated alkanes) is 1. The summed E-state index contributed by atoms with van der Waals surface area (Å²) in [5.74, 6) is -0.0647. The molecule has 1 heterocycles. The fourth-order valence-corrected chi connectivity index (χ4v) is 2.01. The summed E-state index contributed by atoms with van der Waals surface area (Å²) in [7, 11) is 0. The Bertz CT molecular complexity index is 632. The molecule has 3 nitrogen and oxygen atoms in total. The average Bonchev–Trinajstić information content (AvgIpc) is 2.46. The van der Waals surface area contributed by atoms with Crippen molar-refractivity contribution in [3.63, 3.8) is 0 Å². The molecule has 0 aliphatic carbocycles. The predicted molar refractivity (Wildman–Crippen MR) is 83.4 cm³/mol. The van der Waals surface area contributed by atoms with Crippen LogP contribution in [0.3, 0.4) is 0 Å². The predicted octanol–water partition coefficient (Wildman–Crippen LogP) is 3.47. The van der Waals surface area contributed by atoms with E-state index in [1.807, 2.05) is 37.3 Å². The van der Waals surface area contributed by atoms with Gasteiger partial charge in [-0.3, -0.25) is 4.79 Å². The van der Waals surface area contributed by atoms with Gasteiger partial charge in [-0.25, -0.2) is 4.98 Å². The van der Waals surface area contributed by atoms with Crippen LogP contribution >= 0.6 is 0 Å². The van der Waals surface area contributed by atoms with Gasteiger partial charge in [0, 0.05) is 18.0 Å². The highest BCUT2D eigenvalue weighted by atomic mass is 16.1. The van der Waals surface area contributed by atoms with Crippen molar-refractivity contribution in [2.45, 2.75) is 26.7 Å². The first-order valence-corrected chi connectivity index (χ1v) is 7.03. The zero-order chi connectivity index (χ0) is 14.4. The van der Waals surface area contributed by atoms with Crippen molar-refractivity contribution in [1.29, 1.82) is 0 Å². The normalized spacial score (nSPS) is 11.1. The average molecular weight is 268 g/mol. The van der Waals surface area contributed by atoms with Gasteiger partial charge in [0.25, 0.3) is 0 Å². The minimum Gasteiger partial charge on any atom is -0.353 e. The van der Waals surface area contributed by atoms with Crippen molar-refractivity contribution in [3.8, 4) is 0 Å². The number of nitrogens with zero attached hydrogens (tertiary/aromatic N) is 1. The Balaban J connectivity index is 2.10. The van der Waals surface area contributed by atoms with Crippen molar-refractivity contribution in [3.05, 3.63) is 47.7 Å². The maximum atomic E-state index is 11.6. The fourth-order valence-electron chi connectivity index (χ4n) is 2.01. The van der Waals surface area contributed by atoms with Gasteiger partial charge >= 0.3 is 0 Å². The van der Waals surface area contributed by atoms with Crippen molar-refractivity contribution in [2.24, 2.45) is 0 Å². The molecule has 0 bridgehead atoms. The summed E-state index contributed by atoms with van der Waals surface area (Å²) in [6.45, 7) is 4.87. The maximum absolute atomic E-state index is 11.6. The summed E-state index contributed by atoms with van der Waals surface area (Å²) in [4.78, 5) is 16.2. The van der Waals surface area contributed by atoms with Gasteiger partial charge in [-0.1, -0.05) is 37.6 Å². The first-order valence-electron chi connectivity index (χ1n) is 7.03. The third-order valence-corrected chi connectivity index (χ3v) is 3.18. The van der Waals surface area contributed by atoms with E-state index in [-0.39, 0.29) is 5.91 Å². The SMILES string of the molecule is CCCCNC(=O)/C=C/c1ccc2cccc(C)c2n1. The van der Waals surface area contributed by atoms with E-state index in [4.69, 9.17) is 0 Å². The summed E-state index contributed by atoms with van der Waals surface area (Å²) in [6, 6.07) is 10.1. The van der Waals surface area contributed by atoms with Crippen LogP contribution in [0, 0.1) is 6.92 Å². The Morgan fingerprint density at radius 2 is 2.15 bits per heavy atom. The molecule has 2 aromatic rings. The topological polar surface area (TPSA) is 42.0 Å². The molecule has 3 heteroatoms. The zero-order valence-electron chi connectivity index (χ0n) is 12.0. The number of aromatic nitrogens is 1. The minimum absolute atomic E-state index is 0.0647. The monoisotopic (exact) mass is 268 g/mol. The van der Waals surface area contributed by atoms with E-state index < -0.39 is 0 Å². The lowest BCUT2D eigenvalue weighted by Gasteiger charge is -2.02. The number of amides is 1. The lowest BCUT2D eigenvalue weighted by atomic mass is 10.1. The van der Waals surface area contributed by atoms with Crippen molar-refractivity contribution >= 4 is 22.9 Å². The molecule has 0 fully saturated rings. The Hall–Kier alpha value is -2.16. The smallest absolute Gasteiger partial charge is 0.244 e. The first kappa shape index (κ1) is 14.3. The van der Waals surface area contributed by atoms with Gasteiger partial charge in [0.05, 0.1) is 11.2 Å². The summed E-state index contributed by atoms with van der Waals surface area (Å²) in [5, 5.41) is 3.97. The Labute approximate surface area is 119 Å². The van der Waals surface area contributed by atoms with Gasteiger partial charge in [-0.05, 0) is 31.1 Å². The molecular weight excluding hydrogens is 248 g/mol. The van der Waals surface area contributed by atoms with E-state index >= 15 is 0 Å². The molecule has 2 rings (SSSR count). The third-order valence-electron chi connectivity index (χ3n) is 3.18. The maximum Gasteiger partial charge on any atom is 0.244 e. The van der Waals surface area contributed by atoms with Crippen LogP contribution in [0.2, 0.25) is 0 Å². The molecule has 1 aromatic heterocycles. The number of hydrogen-bond donors (Lipinski definition) is 1. The Morgan fingerprint density at radius 1 is 1.30 bits per heavy atom. The second kappa shape index (κ2) is 6.85. The number of nitrogens with one attached hydrogen (secondary N) is 1. The number of benzene rings is 1. The number of carbonyl (C=O) groups excluding carboxylic acids is 1. The molecule has 1 amide bonds. The molecule has 20 heavy (non-hydrogen) atoms. The van der Waals surface area contributed by atoms with Crippen molar-refractivity contribution in [1.82, 2.24) is 10.3 Å². The number of aryl methyl sites for hydroxylation is 1. The fraction of sp³-hybridized carbons (Fsp3) is 0.294. The van der Waals surface area contributed by atoms with Gasteiger partial charge in [-0.15, -0.1) is 0 Å². The van der Waals surface area contributed by atoms with E-state index in [2.05, 4.69) is 17.2 Å². The van der Waals surface area contributed by atoms with Crippen molar-refractivity contribution < 1.29 is 4.79 Å². The van der Waals surface area contributed by atoms with Crippen LogP contribution in [0.4, 0.5) is 0 Å². The first-order chi connectivity index (χ1) is 9.70. The lowest BCUT2D eigenvalue weighted by molar-refractivity contribution is -0.116. The molecular formula is C17H20N2O. The highest BCUT2D eigenvalue weighted by Gasteiger charge is 1.99. The Kier molecular flexibility index (Phi) is 4.88. The van der Waals surface area contributed by atoms with Crippen LogP contribution < -0.4 is 5.32 Å². The highest BCUT2D eigenvalue weighted by Crippen LogP contribution is 2.16. The van der Waals surface area contributed by atoms with Crippen LogP contribution in [-0.2, 0) is 4.79 Å². The number of carbonyl (C=O) groups is 1. The van der Waals surface area contributed by atoms with Crippen LogP contribution in [0.5, 0.6) is 0 Å². The van der Waals surface area contributed by atoms with Crippen LogP contribution in [0.25, 0.3) is 17.0 Å². The van der Waals surface area contributed by atoms with Gasteiger partial charge in [-0.2, -0.15) is 0 Å². The standard InChI is InChI=1S/C17H20N2O/c1-3-4-12-18-16(20)11-10-15-9-8-14-7-5-6-13(2)17(14)19-15/h5-11H,3-4,12H2,1-2H3,(H,18,20)/b11-10+.